The number of imidazole rings is 1. The molecular weight excluding hydrogens is 346 g/mol. The number of nitrogens with one attached hydrogen (secondary N) is 1. The molecule has 3 N–H and O–H groups in total. The van der Waals surface area contributed by atoms with Crippen LogP contribution in [0.4, 0.5) is 0 Å². The highest BCUT2D eigenvalue weighted by molar-refractivity contribution is 5.77. The third-order valence-electron chi connectivity index (χ3n) is 4.40. The maximum Gasteiger partial charge on any atom is 0.321 e. The minimum absolute atomic E-state index is 0.143. The van der Waals surface area contributed by atoms with Crippen molar-refractivity contribution < 1.29 is 19.8 Å². The Balaban J connectivity index is 2.05. The lowest BCUT2D eigenvalue weighted by molar-refractivity contribution is -0.142. The van der Waals surface area contributed by atoms with Gasteiger partial charge in [-0.3, -0.25) is 14.9 Å². The van der Waals surface area contributed by atoms with Gasteiger partial charge in [-0.2, -0.15) is 0 Å². The number of benzene rings is 1. The standard InChI is InChI=1S/C20H27N3O4/c1-14(2)10-17(19(24)25)22-18(20(26)27)11-16-12-21-13-23(16)9-8-15-6-4-3-5-7-15/h3-7,12-14,17-18,22H,8-11H2,1-2H3,(H,24,25)(H,26,27)/t17?,18-/m0/s1. The highest BCUT2D eigenvalue weighted by atomic mass is 16.4. The van der Waals surface area contributed by atoms with Crippen molar-refractivity contribution in [2.75, 3.05) is 0 Å². The molecule has 0 saturated carbocycles. The van der Waals surface area contributed by atoms with E-state index in [-0.39, 0.29) is 12.3 Å². The van der Waals surface area contributed by atoms with Crippen LogP contribution in [0.3, 0.4) is 0 Å². The summed E-state index contributed by atoms with van der Waals surface area (Å²) >= 11 is 0. The number of carbonyl (C=O) groups is 2. The fourth-order valence-corrected chi connectivity index (χ4v) is 2.99. The van der Waals surface area contributed by atoms with Gasteiger partial charge in [0.15, 0.2) is 0 Å². The molecule has 2 rings (SSSR count). The lowest BCUT2D eigenvalue weighted by Crippen LogP contribution is -2.49. The van der Waals surface area contributed by atoms with Crippen LogP contribution >= 0.6 is 0 Å². The first-order chi connectivity index (χ1) is 12.9. The van der Waals surface area contributed by atoms with E-state index in [0.717, 1.165) is 12.1 Å². The van der Waals surface area contributed by atoms with Crippen LogP contribution in [-0.4, -0.2) is 43.8 Å². The van der Waals surface area contributed by atoms with E-state index in [2.05, 4.69) is 10.3 Å². The van der Waals surface area contributed by atoms with Crippen molar-refractivity contribution in [1.29, 1.82) is 0 Å². The summed E-state index contributed by atoms with van der Waals surface area (Å²) < 4.78 is 1.92. The number of aliphatic carboxylic acids is 2. The molecule has 0 bridgehead atoms. The minimum atomic E-state index is -1.07. The first-order valence-corrected chi connectivity index (χ1v) is 9.11. The molecule has 7 heteroatoms. The predicted octanol–water partition coefficient (Wildman–Crippen LogP) is 2.21. The van der Waals surface area contributed by atoms with Crippen LogP contribution in [-0.2, 0) is 29.0 Å². The molecule has 0 aliphatic rings. The van der Waals surface area contributed by atoms with E-state index in [4.69, 9.17) is 0 Å². The lowest BCUT2D eigenvalue weighted by Gasteiger charge is -2.22. The van der Waals surface area contributed by atoms with Crippen molar-refractivity contribution in [3.8, 4) is 0 Å². The van der Waals surface area contributed by atoms with Crippen molar-refractivity contribution in [3.05, 3.63) is 54.1 Å². The summed E-state index contributed by atoms with van der Waals surface area (Å²) in [6, 6.07) is 8.13. The fourth-order valence-electron chi connectivity index (χ4n) is 2.99. The Labute approximate surface area is 159 Å². The van der Waals surface area contributed by atoms with Gasteiger partial charge in [0, 0.05) is 24.9 Å². The highest BCUT2D eigenvalue weighted by Crippen LogP contribution is 2.11. The Hall–Kier alpha value is -2.67. The summed E-state index contributed by atoms with van der Waals surface area (Å²) in [4.78, 5) is 27.3. The predicted molar refractivity (Wildman–Crippen MR) is 102 cm³/mol. The first-order valence-electron chi connectivity index (χ1n) is 9.11. The number of nitrogens with zero attached hydrogens (tertiary/aromatic N) is 2. The molecule has 1 heterocycles. The maximum absolute atomic E-state index is 11.7. The monoisotopic (exact) mass is 373 g/mol. The third-order valence-corrected chi connectivity index (χ3v) is 4.40. The van der Waals surface area contributed by atoms with E-state index >= 15 is 0 Å². The molecule has 27 heavy (non-hydrogen) atoms. The third kappa shape index (κ3) is 6.53. The molecule has 1 aromatic carbocycles. The smallest absolute Gasteiger partial charge is 0.321 e. The van der Waals surface area contributed by atoms with E-state index in [9.17, 15) is 19.8 Å². The van der Waals surface area contributed by atoms with Crippen LogP contribution in [0.15, 0.2) is 42.9 Å². The average molecular weight is 373 g/mol. The van der Waals surface area contributed by atoms with E-state index in [1.807, 2.05) is 48.7 Å². The van der Waals surface area contributed by atoms with Gasteiger partial charge in [-0.15, -0.1) is 0 Å². The Morgan fingerprint density at radius 1 is 1.11 bits per heavy atom. The highest BCUT2D eigenvalue weighted by Gasteiger charge is 2.27. The summed E-state index contributed by atoms with van der Waals surface area (Å²) in [6.45, 7) is 4.50. The number of aryl methyl sites for hydroxylation is 2. The van der Waals surface area contributed by atoms with E-state index in [0.29, 0.717) is 13.0 Å². The summed E-state index contributed by atoms with van der Waals surface area (Å²) in [5, 5.41) is 21.7. The number of aromatic nitrogens is 2. The van der Waals surface area contributed by atoms with Crippen LogP contribution in [0, 0.1) is 5.92 Å². The van der Waals surface area contributed by atoms with Crippen LogP contribution in [0.1, 0.15) is 31.5 Å². The maximum atomic E-state index is 11.7. The summed E-state index contributed by atoms with van der Waals surface area (Å²) in [5.74, 6) is -1.96. The molecule has 0 fully saturated rings. The first kappa shape index (κ1) is 20.6. The molecule has 2 atom stereocenters. The molecule has 0 aliphatic heterocycles. The second kappa shape index (κ2) is 9.87. The molecule has 1 unspecified atom stereocenters. The molecule has 1 aromatic heterocycles. The van der Waals surface area contributed by atoms with Crippen molar-refractivity contribution >= 4 is 11.9 Å². The van der Waals surface area contributed by atoms with E-state index < -0.39 is 24.0 Å². The van der Waals surface area contributed by atoms with Gasteiger partial charge in [-0.25, -0.2) is 4.98 Å². The van der Waals surface area contributed by atoms with E-state index in [1.54, 1.807) is 12.5 Å². The fraction of sp³-hybridized carbons (Fsp3) is 0.450. The van der Waals surface area contributed by atoms with Gasteiger partial charge >= 0.3 is 11.9 Å². The molecule has 0 amide bonds. The Morgan fingerprint density at radius 2 is 1.78 bits per heavy atom. The molecule has 0 aliphatic carbocycles. The molecule has 2 aromatic rings. The van der Waals surface area contributed by atoms with Gasteiger partial charge in [-0.1, -0.05) is 44.2 Å². The van der Waals surface area contributed by atoms with Crippen LogP contribution in [0.25, 0.3) is 0 Å². The summed E-state index contributed by atoms with van der Waals surface area (Å²) in [5.41, 5.74) is 1.95. The zero-order valence-electron chi connectivity index (χ0n) is 15.7. The quantitative estimate of drug-likeness (QED) is 0.558. The van der Waals surface area contributed by atoms with Gasteiger partial charge < -0.3 is 14.8 Å². The Morgan fingerprint density at radius 3 is 2.37 bits per heavy atom. The number of carboxylic acid groups (broad SMARTS) is 2. The Bertz CT molecular complexity index is 743. The molecule has 0 spiro atoms. The minimum Gasteiger partial charge on any atom is -0.480 e. The van der Waals surface area contributed by atoms with Crippen LogP contribution in [0.2, 0.25) is 0 Å². The van der Waals surface area contributed by atoms with Gasteiger partial charge in [0.1, 0.15) is 12.1 Å². The largest absolute Gasteiger partial charge is 0.480 e. The summed E-state index contributed by atoms with van der Waals surface area (Å²) in [7, 11) is 0. The molecular formula is C20H27N3O4. The van der Waals surface area contributed by atoms with Crippen LogP contribution in [0.5, 0.6) is 0 Å². The van der Waals surface area contributed by atoms with Gasteiger partial charge in [0.2, 0.25) is 0 Å². The van der Waals surface area contributed by atoms with Gasteiger partial charge in [-0.05, 0) is 24.3 Å². The van der Waals surface area contributed by atoms with Gasteiger partial charge in [0.25, 0.3) is 0 Å². The number of hydrogen-bond donors (Lipinski definition) is 3. The average Bonchev–Trinajstić information content (AvgIpc) is 3.06. The second-order valence-corrected chi connectivity index (χ2v) is 7.10. The lowest BCUT2D eigenvalue weighted by atomic mass is 10.0. The second-order valence-electron chi connectivity index (χ2n) is 7.10. The molecule has 7 nitrogen and oxygen atoms in total. The molecule has 0 saturated heterocycles. The van der Waals surface area contributed by atoms with Crippen LogP contribution < -0.4 is 5.32 Å². The normalized spacial score (nSPS) is 13.4. The molecule has 146 valence electrons. The SMILES string of the molecule is CC(C)CC(N[C@@H](Cc1cncn1CCc1ccccc1)C(=O)O)C(=O)O. The number of rotatable bonds is 11. The van der Waals surface area contributed by atoms with Crippen molar-refractivity contribution in [2.45, 2.75) is 51.7 Å². The topological polar surface area (TPSA) is 104 Å². The van der Waals surface area contributed by atoms with E-state index in [1.165, 1.54) is 5.56 Å². The van der Waals surface area contributed by atoms with Crippen molar-refractivity contribution in [1.82, 2.24) is 14.9 Å². The number of carboxylic acids is 2. The number of hydrogen-bond acceptors (Lipinski definition) is 4. The van der Waals surface area contributed by atoms with Crippen molar-refractivity contribution in [2.24, 2.45) is 5.92 Å². The Kier molecular flexibility index (Phi) is 7.55. The molecule has 0 radical (unpaired) electrons. The summed E-state index contributed by atoms with van der Waals surface area (Å²) in [6.07, 6.45) is 4.67. The van der Waals surface area contributed by atoms with Crippen molar-refractivity contribution in [3.63, 3.8) is 0 Å². The van der Waals surface area contributed by atoms with Gasteiger partial charge in [0.05, 0.1) is 6.33 Å². The zero-order valence-corrected chi connectivity index (χ0v) is 15.7. The zero-order chi connectivity index (χ0) is 19.8.